The molecule has 2 aromatic heterocycles. The second-order valence-corrected chi connectivity index (χ2v) is 14.0. The van der Waals surface area contributed by atoms with Gasteiger partial charge in [0, 0.05) is 43.9 Å². The molecule has 0 amide bonds. The molecule has 11 aromatic rings. The zero-order chi connectivity index (χ0) is 36.3. The molecular weight excluding hydrogens is 671 g/mol. The quantitative estimate of drug-likeness (QED) is 0.173. The lowest BCUT2D eigenvalue weighted by Crippen LogP contribution is -2.10. The standard InChI is InChI=1S/C52H33NO2/c1-3-12-34(13-4-1)35-22-27-39(28-23-35)53(47-20-11-19-44-45-31-26-37-16-7-8-17-42(37)50(45)55-51(44)47)40-29-24-38(25-30-40)43-33-32-41(36-14-5-2-6-15-36)49-46-18-9-10-21-48(46)54-52(43)49/h1-33H. The number of rotatable bonds is 6. The molecule has 0 aliphatic carbocycles. The van der Waals surface area contributed by atoms with E-state index in [1.54, 1.807) is 0 Å². The normalized spacial score (nSPS) is 11.6. The first kappa shape index (κ1) is 31.2. The molecule has 0 unspecified atom stereocenters. The first-order chi connectivity index (χ1) is 27.3. The van der Waals surface area contributed by atoms with Crippen LogP contribution >= 0.6 is 0 Å². The first-order valence-electron chi connectivity index (χ1n) is 18.7. The third-order valence-corrected chi connectivity index (χ3v) is 10.9. The Morgan fingerprint density at radius 1 is 0.309 bits per heavy atom. The lowest BCUT2D eigenvalue weighted by Gasteiger charge is -2.26. The van der Waals surface area contributed by atoms with Gasteiger partial charge in [0.2, 0.25) is 0 Å². The second kappa shape index (κ2) is 12.6. The van der Waals surface area contributed by atoms with Crippen molar-refractivity contribution in [1.29, 1.82) is 0 Å². The van der Waals surface area contributed by atoms with Crippen molar-refractivity contribution in [1.82, 2.24) is 0 Å². The van der Waals surface area contributed by atoms with Crippen molar-refractivity contribution < 1.29 is 8.83 Å². The van der Waals surface area contributed by atoms with E-state index in [2.05, 4.69) is 199 Å². The Labute approximate surface area is 317 Å². The maximum Gasteiger partial charge on any atom is 0.159 e. The van der Waals surface area contributed by atoms with E-state index in [4.69, 9.17) is 8.83 Å². The van der Waals surface area contributed by atoms with Gasteiger partial charge in [-0.15, -0.1) is 0 Å². The van der Waals surface area contributed by atoms with Gasteiger partial charge in [-0.2, -0.15) is 0 Å². The summed E-state index contributed by atoms with van der Waals surface area (Å²) in [5.74, 6) is 0. The Morgan fingerprint density at radius 3 is 1.64 bits per heavy atom. The van der Waals surface area contributed by atoms with Crippen LogP contribution in [0.1, 0.15) is 0 Å². The summed E-state index contributed by atoms with van der Waals surface area (Å²) in [6.07, 6.45) is 0. The largest absolute Gasteiger partial charge is 0.455 e. The van der Waals surface area contributed by atoms with Crippen LogP contribution in [0.4, 0.5) is 17.1 Å². The van der Waals surface area contributed by atoms with E-state index < -0.39 is 0 Å². The van der Waals surface area contributed by atoms with Gasteiger partial charge in [-0.05, 0) is 81.7 Å². The molecular formula is C52H33NO2. The van der Waals surface area contributed by atoms with Gasteiger partial charge in [0.25, 0.3) is 0 Å². The molecule has 2 heterocycles. The maximum atomic E-state index is 6.88. The summed E-state index contributed by atoms with van der Waals surface area (Å²) in [4.78, 5) is 2.31. The summed E-state index contributed by atoms with van der Waals surface area (Å²) in [6.45, 7) is 0. The summed E-state index contributed by atoms with van der Waals surface area (Å²) >= 11 is 0. The fourth-order valence-corrected chi connectivity index (χ4v) is 8.25. The van der Waals surface area contributed by atoms with Gasteiger partial charge < -0.3 is 13.7 Å². The van der Waals surface area contributed by atoms with Gasteiger partial charge in [-0.25, -0.2) is 0 Å². The summed E-state index contributed by atoms with van der Waals surface area (Å²) in [5, 5.41) is 6.72. The van der Waals surface area contributed by atoms with E-state index in [9.17, 15) is 0 Å². The van der Waals surface area contributed by atoms with Gasteiger partial charge in [0.1, 0.15) is 16.7 Å². The molecule has 0 saturated carbocycles. The van der Waals surface area contributed by atoms with Gasteiger partial charge in [-0.3, -0.25) is 0 Å². The number of benzene rings is 9. The van der Waals surface area contributed by atoms with Crippen LogP contribution in [0.5, 0.6) is 0 Å². The molecule has 0 spiro atoms. The molecule has 11 rings (SSSR count). The van der Waals surface area contributed by atoms with Crippen molar-refractivity contribution >= 4 is 71.7 Å². The van der Waals surface area contributed by atoms with Crippen molar-refractivity contribution in [2.45, 2.75) is 0 Å². The van der Waals surface area contributed by atoms with Crippen LogP contribution in [0, 0.1) is 0 Å². The Morgan fingerprint density at radius 2 is 0.873 bits per heavy atom. The first-order valence-corrected chi connectivity index (χ1v) is 18.7. The Balaban J connectivity index is 1.08. The van der Waals surface area contributed by atoms with Crippen LogP contribution in [-0.2, 0) is 0 Å². The number of anilines is 3. The maximum absolute atomic E-state index is 6.88. The van der Waals surface area contributed by atoms with E-state index in [-0.39, 0.29) is 0 Å². The number of hydrogen-bond acceptors (Lipinski definition) is 3. The van der Waals surface area contributed by atoms with Crippen LogP contribution in [0.3, 0.4) is 0 Å². The Hall–Kier alpha value is -7.36. The SMILES string of the molecule is c1ccc(-c2ccc(N(c3ccc(-c4ccc(-c5ccccc5)c5c4oc4ccccc45)cc3)c3cccc4c3oc3c5ccccc5ccc43)cc2)cc1. The van der Waals surface area contributed by atoms with Crippen molar-refractivity contribution in [3.63, 3.8) is 0 Å². The number of fused-ring (bicyclic) bond motifs is 8. The molecule has 0 atom stereocenters. The number of para-hydroxylation sites is 2. The van der Waals surface area contributed by atoms with E-state index >= 15 is 0 Å². The molecule has 0 aliphatic heterocycles. The van der Waals surface area contributed by atoms with Gasteiger partial charge in [0.05, 0.1) is 5.69 Å². The van der Waals surface area contributed by atoms with E-state index in [0.717, 1.165) is 88.4 Å². The molecule has 3 nitrogen and oxygen atoms in total. The lowest BCUT2D eigenvalue weighted by molar-refractivity contribution is 0.670. The minimum atomic E-state index is 0.852. The lowest BCUT2D eigenvalue weighted by atomic mass is 9.94. The monoisotopic (exact) mass is 703 g/mol. The Bertz CT molecular complexity index is 3180. The van der Waals surface area contributed by atoms with Crippen molar-refractivity contribution in [3.05, 3.63) is 200 Å². The van der Waals surface area contributed by atoms with Crippen LogP contribution in [-0.4, -0.2) is 0 Å². The zero-order valence-electron chi connectivity index (χ0n) is 29.8. The van der Waals surface area contributed by atoms with Gasteiger partial charge in [0.15, 0.2) is 5.58 Å². The molecule has 258 valence electrons. The summed E-state index contributed by atoms with van der Waals surface area (Å²) < 4.78 is 13.5. The number of hydrogen-bond donors (Lipinski definition) is 0. The van der Waals surface area contributed by atoms with Crippen molar-refractivity contribution in [2.75, 3.05) is 4.90 Å². The fraction of sp³-hybridized carbons (Fsp3) is 0. The van der Waals surface area contributed by atoms with Gasteiger partial charge >= 0.3 is 0 Å². The van der Waals surface area contributed by atoms with Crippen molar-refractivity contribution in [2.24, 2.45) is 0 Å². The van der Waals surface area contributed by atoms with Crippen LogP contribution in [0.2, 0.25) is 0 Å². The smallest absolute Gasteiger partial charge is 0.159 e. The molecule has 0 radical (unpaired) electrons. The summed E-state index contributed by atoms with van der Waals surface area (Å²) in [7, 11) is 0. The molecule has 55 heavy (non-hydrogen) atoms. The second-order valence-electron chi connectivity index (χ2n) is 14.0. The average molecular weight is 704 g/mol. The van der Waals surface area contributed by atoms with E-state index in [1.807, 2.05) is 6.07 Å². The van der Waals surface area contributed by atoms with Crippen LogP contribution < -0.4 is 4.90 Å². The van der Waals surface area contributed by atoms with Crippen molar-refractivity contribution in [3.8, 4) is 33.4 Å². The third-order valence-electron chi connectivity index (χ3n) is 10.9. The molecule has 3 heteroatoms. The zero-order valence-corrected chi connectivity index (χ0v) is 29.8. The minimum absolute atomic E-state index is 0.852. The highest BCUT2D eigenvalue weighted by atomic mass is 16.3. The molecule has 0 bridgehead atoms. The third kappa shape index (κ3) is 5.13. The minimum Gasteiger partial charge on any atom is -0.455 e. The number of nitrogens with zero attached hydrogens (tertiary/aromatic N) is 1. The molecule has 9 aromatic carbocycles. The topological polar surface area (TPSA) is 29.5 Å². The predicted molar refractivity (Wildman–Crippen MR) is 229 cm³/mol. The van der Waals surface area contributed by atoms with Crippen LogP contribution in [0.25, 0.3) is 88.0 Å². The van der Waals surface area contributed by atoms with E-state index in [1.165, 1.54) is 16.7 Å². The molecule has 0 aliphatic rings. The number of furan rings is 2. The van der Waals surface area contributed by atoms with Gasteiger partial charge in [-0.1, -0.05) is 152 Å². The summed E-state index contributed by atoms with van der Waals surface area (Å²) in [5.41, 5.74) is 13.4. The highest BCUT2D eigenvalue weighted by Gasteiger charge is 2.22. The van der Waals surface area contributed by atoms with Crippen LogP contribution in [0.15, 0.2) is 209 Å². The average Bonchev–Trinajstić information content (AvgIpc) is 3.85. The predicted octanol–water partition coefficient (Wildman–Crippen LogP) is 15.1. The van der Waals surface area contributed by atoms with E-state index in [0.29, 0.717) is 0 Å². The Kier molecular flexibility index (Phi) is 7.17. The highest BCUT2D eigenvalue weighted by molar-refractivity contribution is 6.18. The summed E-state index contributed by atoms with van der Waals surface area (Å²) in [6, 6.07) is 70.7. The fourth-order valence-electron chi connectivity index (χ4n) is 8.25. The molecule has 0 fully saturated rings. The molecule has 0 saturated heterocycles. The molecule has 0 N–H and O–H groups in total. The highest BCUT2D eigenvalue weighted by Crippen LogP contribution is 2.46.